The fourth-order valence-corrected chi connectivity index (χ4v) is 4.02. The molecule has 3 rings (SSSR count). The van der Waals surface area contributed by atoms with E-state index in [-0.39, 0.29) is 11.9 Å². The maximum Gasteiger partial charge on any atom is 0.254 e. The Morgan fingerprint density at radius 1 is 1.35 bits per heavy atom. The van der Waals surface area contributed by atoms with Crippen molar-refractivity contribution < 1.29 is 14.3 Å². The zero-order chi connectivity index (χ0) is 16.4. The second-order valence-electron chi connectivity index (χ2n) is 5.41. The summed E-state index contributed by atoms with van der Waals surface area (Å²) >= 11 is 7.88. The van der Waals surface area contributed by atoms with Crippen LogP contribution < -0.4 is 9.47 Å². The van der Waals surface area contributed by atoms with Crippen molar-refractivity contribution in [1.29, 1.82) is 0 Å². The Labute approximate surface area is 144 Å². The monoisotopic (exact) mass is 351 g/mol. The number of hydrogen-bond donors (Lipinski definition) is 0. The summed E-state index contributed by atoms with van der Waals surface area (Å²) in [6.07, 6.45) is 2.00. The summed E-state index contributed by atoms with van der Waals surface area (Å²) in [4.78, 5) is 14.9. The van der Waals surface area contributed by atoms with E-state index in [0.29, 0.717) is 22.1 Å². The van der Waals surface area contributed by atoms with Crippen LogP contribution >= 0.6 is 22.9 Å². The van der Waals surface area contributed by atoms with E-state index in [4.69, 9.17) is 21.1 Å². The molecule has 0 spiro atoms. The molecule has 2 aromatic rings. The second kappa shape index (κ2) is 6.81. The van der Waals surface area contributed by atoms with Crippen LogP contribution in [0, 0.1) is 0 Å². The van der Waals surface area contributed by atoms with E-state index < -0.39 is 0 Å². The van der Waals surface area contributed by atoms with Crippen molar-refractivity contribution in [2.75, 3.05) is 20.8 Å². The van der Waals surface area contributed by atoms with Gasteiger partial charge in [0.1, 0.15) is 0 Å². The van der Waals surface area contributed by atoms with Crippen LogP contribution in [-0.4, -0.2) is 31.6 Å². The Hall–Kier alpha value is -1.72. The number of carbonyl (C=O) groups is 1. The number of benzene rings is 1. The van der Waals surface area contributed by atoms with E-state index in [1.54, 1.807) is 23.5 Å². The van der Waals surface area contributed by atoms with Gasteiger partial charge in [0.2, 0.25) is 0 Å². The lowest BCUT2D eigenvalue weighted by Crippen LogP contribution is -2.30. The smallest absolute Gasteiger partial charge is 0.254 e. The number of carbonyl (C=O) groups excluding carboxylic acids is 1. The summed E-state index contributed by atoms with van der Waals surface area (Å²) in [5.41, 5.74) is 1.72. The van der Waals surface area contributed by atoms with Gasteiger partial charge in [-0.2, -0.15) is 11.3 Å². The van der Waals surface area contributed by atoms with Crippen molar-refractivity contribution in [1.82, 2.24) is 4.90 Å². The molecule has 0 radical (unpaired) electrons. The fourth-order valence-electron chi connectivity index (χ4n) is 3.03. The quantitative estimate of drug-likeness (QED) is 0.819. The summed E-state index contributed by atoms with van der Waals surface area (Å²) in [7, 11) is 3.06. The predicted octanol–water partition coefficient (Wildman–Crippen LogP) is 4.40. The van der Waals surface area contributed by atoms with Crippen molar-refractivity contribution in [3.63, 3.8) is 0 Å². The highest BCUT2D eigenvalue weighted by molar-refractivity contribution is 7.08. The molecule has 1 atom stereocenters. The van der Waals surface area contributed by atoms with Crippen molar-refractivity contribution in [3.8, 4) is 11.5 Å². The van der Waals surface area contributed by atoms with Gasteiger partial charge in [-0.05, 0) is 47.4 Å². The van der Waals surface area contributed by atoms with E-state index in [1.165, 1.54) is 19.8 Å². The van der Waals surface area contributed by atoms with Crippen LogP contribution in [0.3, 0.4) is 0 Å². The van der Waals surface area contributed by atoms with Crippen molar-refractivity contribution in [2.24, 2.45) is 0 Å². The number of nitrogens with zero attached hydrogens (tertiary/aromatic N) is 1. The topological polar surface area (TPSA) is 38.8 Å². The van der Waals surface area contributed by atoms with Crippen molar-refractivity contribution in [3.05, 3.63) is 45.1 Å². The first kappa shape index (κ1) is 16.1. The zero-order valence-corrected chi connectivity index (χ0v) is 14.6. The van der Waals surface area contributed by atoms with E-state index in [2.05, 4.69) is 11.4 Å². The minimum atomic E-state index is -0.0263. The Morgan fingerprint density at radius 2 is 2.17 bits per heavy atom. The van der Waals surface area contributed by atoms with Gasteiger partial charge in [0.05, 0.1) is 25.3 Å². The van der Waals surface area contributed by atoms with Crippen LogP contribution in [0.1, 0.15) is 34.8 Å². The molecule has 1 aliphatic heterocycles. The van der Waals surface area contributed by atoms with Gasteiger partial charge in [0.15, 0.2) is 11.5 Å². The molecule has 122 valence electrons. The molecular weight excluding hydrogens is 334 g/mol. The normalized spacial score (nSPS) is 17.3. The van der Waals surface area contributed by atoms with Gasteiger partial charge in [-0.3, -0.25) is 4.79 Å². The predicted molar refractivity (Wildman–Crippen MR) is 91.9 cm³/mol. The molecule has 0 N–H and O–H groups in total. The number of methoxy groups -OCH3 is 2. The molecule has 1 saturated heterocycles. The van der Waals surface area contributed by atoms with Crippen LogP contribution in [0.5, 0.6) is 11.5 Å². The molecule has 0 bridgehead atoms. The number of thiophene rings is 1. The fraction of sp³-hybridized carbons (Fsp3) is 0.353. The van der Waals surface area contributed by atoms with E-state index >= 15 is 0 Å². The molecular formula is C17H18ClNO3S. The maximum atomic E-state index is 12.9. The van der Waals surface area contributed by atoms with Gasteiger partial charge in [0.25, 0.3) is 5.91 Å². The van der Waals surface area contributed by atoms with Crippen LogP contribution in [0.4, 0.5) is 0 Å². The molecule has 4 nitrogen and oxygen atoms in total. The number of ether oxygens (including phenoxy) is 2. The summed E-state index contributed by atoms with van der Waals surface area (Å²) < 4.78 is 10.5. The Morgan fingerprint density at radius 3 is 2.83 bits per heavy atom. The molecule has 1 aliphatic rings. The molecule has 1 fully saturated rings. The van der Waals surface area contributed by atoms with Crippen LogP contribution in [0.15, 0.2) is 29.0 Å². The minimum absolute atomic E-state index is 0.0263. The molecule has 1 aromatic heterocycles. The average Bonchev–Trinajstić information content (AvgIpc) is 3.23. The molecule has 1 unspecified atom stereocenters. The maximum absolute atomic E-state index is 12.9. The van der Waals surface area contributed by atoms with E-state index in [0.717, 1.165) is 19.4 Å². The van der Waals surface area contributed by atoms with Gasteiger partial charge in [-0.15, -0.1) is 0 Å². The lowest BCUT2D eigenvalue weighted by atomic mass is 10.1. The molecule has 6 heteroatoms. The second-order valence-corrected chi connectivity index (χ2v) is 6.59. The summed E-state index contributed by atoms with van der Waals surface area (Å²) in [6, 6.07) is 5.56. The molecule has 1 amide bonds. The SMILES string of the molecule is COc1cc(C(=O)N2CCCC2c2ccsc2)cc(Cl)c1OC. The first-order valence-corrected chi connectivity index (χ1v) is 8.72. The van der Waals surface area contributed by atoms with Crippen molar-refractivity contribution >= 4 is 28.8 Å². The zero-order valence-electron chi connectivity index (χ0n) is 13.0. The summed E-state index contributed by atoms with van der Waals surface area (Å²) in [6.45, 7) is 0.755. The lowest BCUT2D eigenvalue weighted by Gasteiger charge is -2.25. The van der Waals surface area contributed by atoms with Gasteiger partial charge >= 0.3 is 0 Å². The van der Waals surface area contributed by atoms with Crippen molar-refractivity contribution in [2.45, 2.75) is 18.9 Å². The highest BCUT2D eigenvalue weighted by atomic mass is 35.5. The van der Waals surface area contributed by atoms with Gasteiger partial charge in [0, 0.05) is 12.1 Å². The molecule has 0 aliphatic carbocycles. The third kappa shape index (κ3) is 3.03. The summed E-state index contributed by atoms with van der Waals surface area (Å²) in [5.74, 6) is 0.887. The highest BCUT2D eigenvalue weighted by Crippen LogP contribution is 2.38. The third-order valence-electron chi connectivity index (χ3n) is 4.12. The molecule has 2 heterocycles. The third-order valence-corrected chi connectivity index (χ3v) is 5.10. The van der Waals surface area contributed by atoms with Gasteiger partial charge in [-0.25, -0.2) is 0 Å². The minimum Gasteiger partial charge on any atom is -0.493 e. The largest absolute Gasteiger partial charge is 0.493 e. The Kier molecular flexibility index (Phi) is 4.78. The number of likely N-dealkylation sites (tertiary alicyclic amines) is 1. The molecule has 1 aromatic carbocycles. The standard InChI is InChI=1S/C17H18ClNO3S/c1-21-15-9-12(8-13(18)16(15)22-2)17(20)19-6-3-4-14(19)11-5-7-23-10-11/h5,7-10,14H,3-4,6H2,1-2H3. The first-order valence-electron chi connectivity index (χ1n) is 7.40. The van der Waals surface area contributed by atoms with Crippen LogP contribution in [-0.2, 0) is 0 Å². The lowest BCUT2D eigenvalue weighted by molar-refractivity contribution is 0.0735. The van der Waals surface area contributed by atoms with Gasteiger partial charge < -0.3 is 14.4 Å². The highest BCUT2D eigenvalue weighted by Gasteiger charge is 2.31. The molecule has 0 saturated carbocycles. The number of rotatable bonds is 4. The van der Waals surface area contributed by atoms with Crippen LogP contribution in [0.25, 0.3) is 0 Å². The number of hydrogen-bond acceptors (Lipinski definition) is 4. The Bertz CT molecular complexity index is 702. The van der Waals surface area contributed by atoms with E-state index in [9.17, 15) is 4.79 Å². The van der Waals surface area contributed by atoms with Crippen LogP contribution in [0.2, 0.25) is 5.02 Å². The number of amides is 1. The average molecular weight is 352 g/mol. The summed E-state index contributed by atoms with van der Waals surface area (Å²) in [5, 5.41) is 4.53. The Balaban J connectivity index is 1.92. The van der Waals surface area contributed by atoms with Gasteiger partial charge in [-0.1, -0.05) is 11.6 Å². The number of halogens is 1. The van der Waals surface area contributed by atoms with E-state index in [1.807, 2.05) is 10.3 Å². The molecule has 23 heavy (non-hydrogen) atoms. The first-order chi connectivity index (χ1) is 11.2.